The fourth-order valence-corrected chi connectivity index (χ4v) is 2.12. The maximum absolute atomic E-state index is 9.00. The van der Waals surface area contributed by atoms with E-state index >= 15 is 0 Å². The van der Waals surface area contributed by atoms with Crippen LogP contribution in [0.2, 0.25) is 0 Å². The number of carboxylic acid groups (broad SMARTS) is 2. The Hall–Kier alpha value is -2.61. The summed E-state index contributed by atoms with van der Waals surface area (Å²) >= 11 is 0. The lowest BCUT2D eigenvalue weighted by molar-refractivity contribution is -0.135. The fourth-order valence-electron chi connectivity index (χ4n) is 2.12. The van der Waals surface area contributed by atoms with E-state index < -0.39 is 11.9 Å². The van der Waals surface area contributed by atoms with Crippen molar-refractivity contribution in [2.45, 2.75) is 20.8 Å². The maximum atomic E-state index is 9.00. The van der Waals surface area contributed by atoms with Gasteiger partial charge in [0.25, 0.3) is 11.9 Å². The van der Waals surface area contributed by atoms with E-state index in [1.165, 1.54) is 0 Å². The summed E-state index contributed by atoms with van der Waals surface area (Å²) in [6.45, 7) is 9.67. The molecule has 0 amide bonds. The average Bonchev–Trinajstić information content (AvgIpc) is 2.55. The van der Waals surface area contributed by atoms with E-state index in [-0.39, 0.29) is 0 Å². The van der Waals surface area contributed by atoms with E-state index in [1.54, 1.807) is 0 Å². The minimum absolute atomic E-state index is 0.676. The number of nitrogens with one attached hydrogen (secondary N) is 1. The number of amidine groups is 1. The van der Waals surface area contributed by atoms with Crippen molar-refractivity contribution >= 4 is 17.8 Å². The molecule has 0 atom stereocenters. The number of nitrogens with zero attached hydrogens (tertiary/aromatic N) is 2. The van der Waals surface area contributed by atoms with Crippen molar-refractivity contribution in [3.05, 3.63) is 30.3 Å². The highest BCUT2D eigenvalue weighted by atomic mass is 16.5. The van der Waals surface area contributed by atoms with E-state index in [0.717, 1.165) is 58.9 Å². The van der Waals surface area contributed by atoms with Crippen LogP contribution in [0.1, 0.15) is 20.8 Å². The number of hydrogen-bond donors (Lipinski definition) is 3. The number of ether oxygens (including phenoxy) is 1. The first-order valence-corrected chi connectivity index (χ1v) is 8.31. The molecule has 8 heteroatoms. The quantitative estimate of drug-likeness (QED) is 0.550. The van der Waals surface area contributed by atoms with Gasteiger partial charge in [-0.3, -0.25) is 19.9 Å². The highest BCUT2D eigenvalue weighted by Crippen LogP contribution is 2.08. The van der Waals surface area contributed by atoms with Crippen LogP contribution in [0.4, 0.5) is 0 Å². The van der Waals surface area contributed by atoms with Crippen molar-refractivity contribution in [2.75, 3.05) is 39.3 Å². The third-order valence-corrected chi connectivity index (χ3v) is 3.27. The van der Waals surface area contributed by atoms with Gasteiger partial charge in [0.2, 0.25) is 0 Å². The van der Waals surface area contributed by atoms with Crippen molar-refractivity contribution in [1.29, 1.82) is 5.41 Å². The molecule has 0 unspecified atom stereocenters. The molecule has 1 fully saturated rings. The van der Waals surface area contributed by atoms with Crippen LogP contribution in [0.15, 0.2) is 30.3 Å². The molecule has 26 heavy (non-hydrogen) atoms. The zero-order chi connectivity index (χ0) is 19.9. The second-order valence-electron chi connectivity index (χ2n) is 5.61. The summed E-state index contributed by atoms with van der Waals surface area (Å²) in [5.41, 5.74) is 0. The largest absolute Gasteiger partial charge is 0.492 e. The summed E-state index contributed by atoms with van der Waals surface area (Å²) in [4.78, 5) is 22.5. The standard InChI is InChI=1S/C14H21N3O.2C2H4O2/c1-13(15)17-9-7-16(8-10-17)11-12-18-14-5-3-2-4-6-14;2*1-2(3)4/h2-6,15H,7-12H2,1H3;2*1H3,(H,3,4). The van der Waals surface area contributed by atoms with E-state index in [2.05, 4.69) is 9.80 Å². The topological polar surface area (TPSA) is 114 Å². The summed E-state index contributed by atoms with van der Waals surface area (Å²) in [7, 11) is 0. The second kappa shape index (κ2) is 13.7. The molecule has 0 bridgehead atoms. The smallest absolute Gasteiger partial charge is 0.300 e. The van der Waals surface area contributed by atoms with E-state index in [9.17, 15) is 0 Å². The van der Waals surface area contributed by atoms with Gasteiger partial charge in [0.15, 0.2) is 0 Å². The number of aliphatic carboxylic acids is 2. The zero-order valence-corrected chi connectivity index (χ0v) is 15.6. The summed E-state index contributed by atoms with van der Waals surface area (Å²) in [6.07, 6.45) is 0. The first-order chi connectivity index (χ1) is 12.2. The van der Waals surface area contributed by atoms with Gasteiger partial charge in [-0.2, -0.15) is 0 Å². The van der Waals surface area contributed by atoms with Crippen LogP contribution in [0, 0.1) is 5.41 Å². The zero-order valence-electron chi connectivity index (χ0n) is 15.6. The molecule has 0 radical (unpaired) electrons. The molecular weight excluding hydrogens is 338 g/mol. The third kappa shape index (κ3) is 13.8. The summed E-state index contributed by atoms with van der Waals surface area (Å²) in [6, 6.07) is 9.93. The number of piperazine rings is 1. The average molecular weight is 367 g/mol. The van der Waals surface area contributed by atoms with Crippen LogP contribution in [-0.2, 0) is 9.59 Å². The van der Waals surface area contributed by atoms with Crippen molar-refractivity contribution in [3.8, 4) is 5.75 Å². The normalized spacial score (nSPS) is 13.4. The minimum Gasteiger partial charge on any atom is -0.492 e. The van der Waals surface area contributed by atoms with Gasteiger partial charge in [0.05, 0.1) is 5.84 Å². The molecule has 3 N–H and O–H groups in total. The molecule has 0 aromatic heterocycles. The second-order valence-corrected chi connectivity index (χ2v) is 5.61. The summed E-state index contributed by atoms with van der Waals surface area (Å²) in [5, 5.41) is 22.4. The van der Waals surface area contributed by atoms with Crippen LogP contribution in [0.3, 0.4) is 0 Å². The van der Waals surface area contributed by atoms with Gasteiger partial charge in [-0.05, 0) is 19.1 Å². The first kappa shape index (κ1) is 23.4. The summed E-state index contributed by atoms with van der Waals surface area (Å²) < 4.78 is 5.69. The van der Waals surface area contributed by atoms with Gasteiger partial charge in [0.1, 0.15) is 12.4 Å². The van der Waals surface area contributed by atoms with Gasteiger partial charge in [-0.25, -0.2) is 0 Å². The Bertz CT molecular complexity index is 523. The van der Waals surface area contributed by atoms with Crippen molar-refractivity contribution < 1.29 is 24.5 Å². The van der Waals surface area contributed by atoms with E-state index in [0.29, 0.717) is 5.84 Å². The first-order valence-electron chi connectivity index (χ1n) is 8.31. The number of rotatable bonds is 4. The van der Waals surface area contributed by atoms with Crippen molar-refractivity contribution in [3.63, 3.8) is 0 Å². The Morgan fingerprint density at radius 3 is 1.88 bits per heavy atom. The predicted octanol–water partition coefficient (Wildman–Crippen LogP) is 1.86. The monoisotopic (exact) mass is 367 g/mol. The molecular formula is C18H29N3O5. The lowest BCUT2D eigenvalue weighted by Gasteiger charge is -2.35. The molecule has 0 saturated carbocycles. The highest BCUT2D eigenvalue weighted by Gasteiger charge is 2.16. The molecule has 8 nitrogen and oxygen atoms in total. The number of benzene rings is 1. The van der Waals surface area contributed by atoms with Crippen LogP contribution in [-0.4, -0.2) is 77.1 Å². The number of hydrogen-bond acceptors (Lipinski definition) is 5. The molecule has 0 aliphatic carbocycles. The molecule has 146 valence electrons. The molecule has 1 aliphatic rings. The Morgan fingerprint density at radius 2 is 1.46 bits per heavy atom. The third-order valence-electron chi connectivity index (χ3n) is 3.27. The van der Waals surface area contributed by atoms with Crippen LogP contribution in [0.5, 0.6) is 5.75 Å². The molecule has 2 rings (SSSR count). The van der Waals surface area contributed by atoms with Gasteiger partial charge >= 0.3 is 0 Å². The SMILES string of the molecule is CC(=N)N1CCN(CCOc2ccccc2)CC1.CC(=O)O.CC(=O)O. The Morgan fingerprint density at radius 1 is 1.00 bits per heavy atom. The molecule has 1 saturated heterocycles. The van der Waals surface area contributed by atoms with Crippen LogP contribution >= 0.6 is 0 Å². The lowest BCUT2D eigenvalue weighted by atomic mass is 10.3. The van der Waals surface area contributed by atoms with Crippen molar-refractivity contribution in [1.82, 2.24) is 9.80 Å². The molecule has 1 aromatic carbocycles. The van der Waals surface area contributed by atoms with E-state index in [4.69, 9.17) is 29.9 Å². The van der Waals surface area contributed by atoms with Gasteiger partial charge < -0.3 is 19.8 Å². The maximum Gasteiger partial charge on any atom is 0.300 e. The van der Waals surface area contributed by atoms with Crippen LogP contribution < -0.4 is 4.74 Å². The van der Waals surface area contributed by atoms with Gasteiger partial charge in [-0.15, -0.1) is 0 Å². The minimum atomic E-state index is -0.833. The summed E-state index contributed by atoms with van der Waals surface area (Å²) in [5.74, 6) is -0.0540. The Balaban J connectivity index is 0.000000662. The fraction of sp³-hybridized carbons (Fsp3) is 0.500. The van der Waals surface area contributed by atoms with Crippen LogP contribution in [0.25, 0.3) is 0 Å². The highest BCUT2D eigenvalue weighted by molar-refractivity contribution is 5.76. The molecule has 1 aliphatic heterocycles. The molecule has 1 heterocycles. The Labute approximate surface area is 154 Å². The number of carboxylic acids is 2. The number of carbonyl (C=O) groups is 2. The van der Waals surface area contributed by atoms with Crippen molar-refractivity contribution in [2.24, 2.45) is 0 Å². The lowest BCUT2D eigenvalue weighted by Crippen LogP contribution is -2.48. The molecule has 0 spiro atoms. The Kier molecular flexibility index (Phi) is 12.3. The molecule has 1 aromatic rings. The number of para-hydroxylation sites is 1. The van der Waals surface area contributed by atoms with E-state index in [1.807, 2.05) is 37.3 Å². The van der Waals surface area contributed by atoms with Gasteiger partial charge in [0, 0.05) is 46.6 Å². The van der Waals surface area contributed by atoms with Gasteiger partial charge in [-0.1, -0.05) is 18.2 Å². The predicted molar refractivity (Wildman–Crippen MR) is 100.0 cm³/mol.